The molecule has 0 atom stereocenters. The van der Waals surface area contributed by atoms with Crippen molar-refractivity contribution in [3.63, 3.8) is 0 Å². The van der Waals surface area contributed by atoms with Crippen LogP contribution >= 0.6 is 11.6 Å². The maximum atomic E-state index is 12.9. The van der Waals surface area contributed by atoms with E-state index in [0.29, 0.717) is 12.5 Å². The number of rotatable bonds is 7. The molecule has 3 rings (SSSR count). The highest BCUT2D eigenvalue weighted by Crippen LogP contribution is 2.40. The van der Waals surface area contributed by atoms with Crippen LogP contribution in [0.2, 0.25) is 5.02 Å². The molecule has 32 heavy (non-hydrogen) atoms. The quantitative estimate of drug-likeness (QED) is 0.492. The van der Waals surface area contributed by atoms with E-state index in [9.17, 15) is 34.8 Å². The van der Waals surface area contributed by atoms with Gasteiger partial charge in [-0.15, -0.1) is 0 Å². The Morgan fingerprint density at radius 2 is 1.72 bits per heavy atom. The second-order valence-corrected chi connectivity index (χ2v) is 12.6. The predicted molar refractivity (Wildman–Crippen MR) is 113 cm³/mol. The van der Waals surface area contributed by atoms with Gasteiger partial charge < -0.3 is 0 Å². The van der Waals surface area contributed by atoms with Gasteiger partial charge in [-0.1, -0.05) is 17.7 Å². The number of ketones is 1. The summed E-state index contributed by atoms with van der Waals surface area (Å²) in [5.41, 5.74) is -0.992. The first kappa shape index (κ1) is 24.7. The fraction of sp³-hybridized carbons (Fsp3) is 0.381. The number of carbonyl (C=O) groups excluding carboxylic acids is 1. The molecule has 2 aromatic carbocycles. The first-order valence-electron chi connectivity index (χ1n) is 9.63. The van der Waals surface area contributed by atoms with Gasteiger partial charge in [0, 0.05) is 23.3 Å². The topological polar surface area (TPSA) is 85.3 Å². The van der Waals surface area contributed by atoms with Crippen molar-refractivity contribution in [2.75, 3.05) is 6.26 Å². The molecule has 2 aromatic rings. The summed E-state index contributed by atoms with van der Waals surface area (Å²) >= 11 is 5.84. The third-order valence-electron chi connectivity index (χ3n) is 5.54. The highest BCUT2D eigenvalue weighted by atomic mass is 35.5. The summed E-state index contributed by atoms with van der Waals surface area (Å²) < 4.78 is 87.9. The minimum atomic E-state index is -4.64. The van der Waals surface area contributed by atoms with Crippen LogP contribution in [-0.2, 0) is 25.9 Å². The SMILES string of the molecule is CS(=O)(=O)c1cc(Cl)ccc1C(=O)CCC1CC(S(=O)(=O)c2cccc(C(F)(F)F)c2)C1. The Bertz CT molecular complexity index is 1250. The fourth-order valence-corrected chi connectivity index (χ4v) is 6.86. The van der Waals surface area contributed by atoms with Gasteiger partial charge in [-0.25, -0.2) is 16.8 Å². The Labute approximate surface area is 189 Å². The van der Waals surface area contributed by atoms with Crippen molar-refractivity contribution in [1.82, 2.24) is 0 Å². The molecule has 0 unspecified atom stereocenters. The molecule has 0 aliphatic heterocycles. The van der Waals surface area contributed by atoms with Gasteiger partial charge in [0.15, 0.2) is 25.5 Å². The highest BCUT2D eigenvalue weighted by Gasteiger charge is 2.40. The Hall–Kier alpha value is -1.91. The zero-order valence-corrected chi connectivity index (χ0v) is 19.3. The summed E-state index contributed by atoms with van der Waals surface area (Å²) in [7, 11) is -7.59. The molecule has 0 amide bonds. The highest BCUT2D eigenvalue weighted by molar-refractivity contribution is 7.92. The fourth-order valence-electron chi connectivity index (χ4n) is 3.71. The zero-order valence-electron chi connectivity index (χ0n) is 16.9. The summed E-state index contributed by atoms with van der Waals surface area (Å²) in [5.74, 6) is -0.496. The van der Waals surface area contributed by atoms with Crippen LogP contribution in [0.3, 0.4) is 0 Å². The third-order valence-corrected chi connectivity index (χ3v) is 9.09. The second-order valence-electron chi connectivity index (χ2n) is 7.90. The Kier molecular flexibility index (Phi) is 6.80. The number of alkyl halides is 3. The average Bonchev–Trinajstić information content (AvgIpc) is 2.65. The number of carbonyl (C=O) groups is 1. The van der Waals surface area contributed by atoms with Crippen LogP contribution in [0.1, 0.15) is 41.6 Å². The number of Topliss-reactive ketones (excluding diaryl/α,β-unsaturated/α-hetero) is 1. The molecule has 0 saturated heterocycles. The van der Waals surface area contributed by atoms with Crippen LogP contribution in [-0.4, -0.2) is 34.1 Å². The van der Waals surface area contributed by atoms with Crippen molar-refractivity contribution in [3.05, 3.63) is 58.6 Å². The van der Waals surface area contributed by atoms with Crippen molar-refractivity contribution in [1.29, 1.82) is 0 Å². The number of benzene rings is 2. The molecule has 5 nitrogen and oxygen atoms in total. The molecule has 174 valence electrons. The smallest absolute Gasteiger partial charge is 0.294 e. The van der Waals surface area contributed by atoms with Crippen LogP contribution < -0.4 is 0 Å². The summed E-state index contributed by atoms with van der Waals surface area (Å²) in [6, 6.07) is 7.65. The molecule has 11 heteroatoms. The molecule has 0 spiro atoms. The first-order chi connectivity index (χ1) is 14.7. The minimum absolute atomic E-state index is 0.0190. The van der Waals surface area contributed by atoms with E-state index in [1.54, 1.807) is 0 Å². The minimum Gasteiger partial charge on any atom is -0.294 e. The Morgan fingerprint density at radius 1 is 1.06 bits per heavy atom. The van der Waals surface area contributed by atoms with E-state index in [-0.39, 0.29) is 45.6 Å². The Morgan fingerprint density at radius 3 is 2.31 bits per heavy atom. The molecule has 0 radical (unpaired) electrons. The van der Waals surface area contributed by atoms with Gasteiger partial charge >= 0.3 is 6.18 Å². The Balaban J connectivity index is 1.64. The van der Waals surface area contributed by atoms with Crippen molar-refractivity contribution < 1.29 is 34.8 Å². The number of halogens is 4. The summed E-state index contributed by atoms with van der Waals surface area (Å²) in [4.78, 5) is 12.0. The normalized spacial score (nSPS) is 19.4. The molecule has 1 aliphatic carbocycles. The summed E-state index contributed by atoms with van der Waals surface area (Å²) in [5, 5.41) is -0.628. The lowest BCUT2D eigenvalue weighted by Gasteiger charge is -2.35. The number of hydrogen-bond donors (Lipinski definition) is 0. The molecule has 0 aromatic heterocycles. The van der Waals surface area contributed by atoms with Crippen LogP contribution in [0.4, 0.5) is 13.2 Å². The lowest BCUT2D eigenvalue weighted by atomic mass is 9.80. The van der Waals surface area contributed by atoms with E-state index < -0.39 is 42.4 Å². The van der Waals surface area contributed by atoms with Crippen molar-refractivity contribution in [2.24, 2.45) is 5.92 Å². The third kappa shape index (κ3) is 5.35. The van der Waals surface area contributed by atoms with Crippen molar-refractivity contribution in [3.8, 4) is 0 Å². The lowest BCUT2D eigenvalue weighted by Crippen LogP contribution is -2.36. The van der Waals surface area contributed by atoms with Gasteiger partial charge in [0.1, 0.15) is 0 Å². The predicted octanol–water partition coefficient (Wildman–Crippen LogP) is 4.98. The molecule has 0 N–H and O–H groups in total. The van der Waals surface area contributed by atoms with Crippen LogP contribution in [0.15, 0.2) is 52.3 Å². The number of hydrogen-bond acceptors (Lipinski definition) is 5. The van der Waals surface area contributed by atoms with E-state index in [2.05, 4.69) is 0 Å². The van der Waals surface area contributed by atoms with E-state index in [1.165, 1.54) is 18.2 Å². The van der Waals surface area contributed by atoms with Crippen molar-refractivity contribution >= 4 is 37.1 Å². The maximum Gasteiger partial charge on any atom is 0.416 e. The van der Waals surface area contributed by atoms with Gasteiger partial charge in [-0.3, -0.25) is 4.79 Å². The molecule has 1 saturated carbocycles. The van der Waals surface area contributed by atoms with Gasteiger partial charge in [0.2, 0.25) is 0 Å². The van der Waals surface area contributed by atoms with E-state index in [0.717, 1.165) is 24.5 Å². The van der Waals surface area contributed by atoms with Crippen LogP contribution in [0.25, 0.3) is 0 Å². The molecular weight excluding hydrogens is 489 g/mol. The molecule has 1 aliphatic rings. The van der Waals surface area contributed by atoms with Gasteiger partial charge in [-0.2, -0.15) is 13.2 Å². The first-order valence-corrected chi connectivity index (χ1v) is 13.4. The zero-order chi connectivity index (χ0) is 23.9. The molecule has 0 heterocycles. The van der Waals surface area contributed by atoms with Gasteiger partial charge in [0.25, 0.3) is 0 Å². The average molecular weight is 509 g/mol. The lowest BCUT2D eigenvalue weighted by molar-refractivity contribution is -0.137. The molecule has 1 fully saturated rings. The maximum absolute atomic E-state index is 12.9. The molecular formula is C21H20ClF3O5S2. The van der Waals surface area contributed by atoms with Crippen molar-refractivity contribution in [2.45, 2.75) is 46.9 Å². The van der Waals surface area contributed by atoms with E-state index >= 15 is 0 Å². The van der Waals surface area contributed by atoms with Gasteiger partial charge in [0.05, 0.1) is 20.6 Å². The second kappa shape index (κ2) is 8.79. The summed E-state index contributed by atoms with van der Waals surface area (Å²) in [6.45, 7) is 0. The van der Waals surface area contributed by atoms with E-state index in [1.807, 2.05) is 0 Å². The molecule has 0 bridgehead atoms. The van der Waals surface area contributed by atoms with Crippen LogP contribution in [0, 0.1) is 5.92 Å². The number of sulfone groups is 2. The van der Waals surface area contributed by atoms with E-state index in [4.69, 9.17) is 11.6 Å². The standard InChI is InChI=1S/C21H20ClF3O5S2/c1-31(27,28)20-12-15(22)6-7-18(20)19(26)8-5-13-9-17(10-13)32(29,30)16-4-2-3-14(11-16)21(23,24)25/h2-4,6-7,11-13,17H,5,8-10H2,1H3. The largest absolute Gasteiger partial charge is 0.416 e. The van der Waals surface area contributed by atoms with Crippen LogP contribution in [0.5, 0.6) is 0 Å². The monoisotopic (exact) mass is 508 g/mol. The van der Waals surface area contributed by atoms with Gasteiger partial charge in [-0.05, 0) is 61.6 Å². The summed E-state index contributed by atoms with van der Waals surface area (Å²) in [6.07, 6.45) is -2.84.